The molecule has 0 aliphatic carbocycles. The van der Waals surface area contributed by atoms with E-state index in [1.165, 1.54) is 15.9 Å². The van der Waals surface area contributed by atoms with Crippen LogP contribution in [-0.2, 0) is 14.3 Å². The molecule has 3 aliphatic heterocycles. The Bertz CT molecular complexity index is 1160. The summed E-state index contributed by atoms with van der Waals surface area (Å²) in [7, 11) is 0. The standard InChI is InChI=1S/C21H25FN8O4/c1-12-7-17(30-11-23-26-27-30)24-25-18(12)15(31)8-28-5-3-21(16(22)9-28)4-6-29(20(21)33)14-10-34-19(32)13(14)2/h7,11,15-16,31H,3-6,8-10H2,1-2H3/t15-,16?,21?/m1/s1. The number of likely N-dealkylation sites (tertiary alicyclic amines) is 2. The van der Waals surface area contributed by atoms with E-state index >= 15 is 4.39 Å². The zero-order chi connectivity index (χ0) is 24.0. The number of tetrazole rings is 1. The minimum Gasteiger partial charge on any atom is -0.456 e. The second kappa shape index (κ2) is 8.47. The topological polar surface area (TPSA) is 139 Å². The highest BCUT2D eigenvalue weighted by Crippen LogP contribution is 2.45. The van der Waals surface area contributed by atoms with Crippen molar-refractivity contribution in [2.24, 2.45) is 5.41 Å². The number of hydrogen-bond donors (Lipinski definition) is 1. The van der Waals surface area contributed by atoms with Gasteiger partial charge in [0.15, 0.2) is 5.82 Å². The highest BCUT2D eigenvalue weighted by atomic mass is 19.1. The van der Waals surface area contributed by atoms with Crippen molar-refractivity contribution in [2.45, 2.75) is 39.0 Å². The average molecular weight is 472 g/mol. The molecule has 0 aromatic carbocycles. The molecular formula is C21H25FN8O4. The largest absolute Gasteiger partial charge is 0.456 e. The number of hydrogen-bond acceptors (Lipinski definition) is 10. The first kappa shape index (κ1) is 22.5. The van der Waals surface area contributed by atoms with Crippen LogP contribution in [0.2, 0.25) is 0 Å². The molecule has 2 aromatic rings. The van der Waals surface area contributed by atoms with Crippen LogP contribution in [0.3, 0.4) is 0 Å². The van der Waals surface area contributed by atoms with Crippen LogP contribution < -0.4 is 0 Å². The summed E-state index contributed by atoms with van der Waals surface area (Å²) in [4.78, 5) is 28.3. The fourth-order valence-corrected chi connectivity index (χ4v) is 5.01. The van der Waals surface area contributed by atoms with Crippen LogP contribution in [0.5, 0.6) is 0 Å². The predicted octanol–water partition coefficient (Wildman–Crippen LogP) is -0.113. The molecule has 5 rings (SSSR count). The number of carbonyl (C=O) groups is 2. The third kappa shape index (κ3) is 3.64. The summed E-state index contributed by atoms with van der Waals surface area (Å²) in [6, 6.07) is 1.71. The second-order valence-corrected chi connectivity index (χ2v) is 9.03. The first-order chi connectivity index (χ1) is 16.3. The summed E-state index contributed by atoms with van der Waals surface area (Å²) >= 11 is 0. The lowest BCUT2D eigenvalue weighted by atomic mass is 9.75. The van der Waals surface area contributed by atoms with E-state index in [1.807, 2.05) is 0 Å². The molecule has 13 heteroatoms. The Morgan fingerprint density at radius 3 is 2.71 bits per heavy atom. The molecule has 0 saturated carbocycles. The number of piperidine rings is 1. The molecule has 5 heterocycles. The fraction of sp³-hybridized carbons (Fsp3) is 0.571. The second-order valence-electron chi connectivity index (χ2n) is 9.03. The molecule has 12 nitrogen and oxygen atoms in total. The maximum Gasteiger partial charge on any atom is 0.336 e. The van der Waals surface area contributed by atoms with Crippen LogP contribution in [0.4, 0.5) is 4.39 Å². The van der Waals surface area contributed by atoms with Gasteiger partial charge in [-0.15, -0.1) is 10.2 Å². The number of aliphatic hydroxyl groups is 1. The van der Waals surface area contributed by atoms with Crippen molar-refractivity contribution in [3.63, 3.8) is 0 Å². The number of aliphatic hydroxyl groups excluding tert-OH is 1. The Morgan fingerprint density at radius 2 is 2.06 bits per heavy atom. The van der Waals surface area contributed by atoms with Crippen molar-refractivity contribution >= 4 is 11.9 Å². The lowest BCUT2D eigenvalue weighted by molar-refractivity contribution is -0.142. The Kier molecular flexibility index (Phi) is 5.60. The van der Waals surface area contributed by atoms with Gasteiger partial charge in [0.2, 0.25) is 5.91 Å². The number of esters is 1. The summed E-state index contributed by atoms with van der Waals surface area (Å²) in [5.74, 6) is -0.298. The number of aryl methyl sites for hydroxylation is 1. The molecule has 2 unspecified atom stereocenters. The Labute approximate surface area is 194 Å². The van der Waals surface area contributed by atoms with Gasteiger partial charge in [0.25, 0.3) is 0 Å². The molecule has 2 aromatic heterocycles. The number of β-amino-alcohol motifs (C(OH)–C–C–N with tert-alkyl or cyclic N) is 1. The molecule has 3 aliphatic rings. The molecule has 2 fully saturated rings. The monoisotopic (exact) mass is 472 g/mol. The Balaban J connectivity index is 1.24. The van der Waals surface area contributed by atoms with E-state index in [0.717, 1.165) is 0 Å². The van der Waals surface area contributed by atoms with Crippen LogP contribution in [0, 0.1) is 12.3 Å². The van der Waals surface area contributed by atoms with Gasteiger partial charge in [-0.25, -0.2) is 9.18 Å². The Morgan fingerprint density at radius 1 is 1.26 bits per heavy atom. The van der Waals surface area contributed by atoms with Gasteiger partial charge in [0.05, 0.1) is 22.4 Å². The first-order valence-corrected chi connectivity index (χ1v) is 11.1. The highest BCUT2D eigenvalue weighted by Gasteiger charge is 2.56. The predicted molar refractivity (Wildman–Crippen MR) is 113 cm³/mol. The normalized spacial score (nSPS) is 26.6. The van der Waals surface area contributed by atoms with Gasteiger partial charge in [0.1, 0.15) is 25.2 Å². The number of nitrogens with zero attached hydrogens (tertiary/aromatic N) is 8. The molecule has 1 amide bonds. The van der Waals surface area contributed by atoms with E-state index in [-0.39, 0.29) is 25.6 Å². The van der Waals surface area contributed by atoms with E-state index in [2.05, 4.69) is 25.7 Å². The minimum absolute atomic E-state index is 0.0271. The number of ether oxygens (including phenoxy) is 1. The van der Waals surface area contributed by atoms with Gasteiger partial charge < -0.3 is 14.7 Å². The summed E-state index contributed by atoms with van der Waals surface area (Å²) in [5.41, 5.74) is 0.935. The van der Waals surface area contributed by atoms with E-state index in [4.69, 9.17) is 4.74 Å². The van der Waals surface area contributed by atoms with Gasteiger partial charge in [-0.1, -0.05) is 0 Å². The number of carbonyl (C=O) groups excluding carboxylic acids is 2. The molecule has 34 heavy (non-hydrogen) atoms. The van der Waals surface area contributed by atoms with E-state index in [1.54, 1.807) is 24.8 Å². The lowest BCUT2D eigenvalue weighted by Crippen LogP contribution is -2.53. The molecule has 180 valence electrons. The number of rotatable bonds is 5. The zero-order valence-electron chi connectivity index (χ0n) is 18.9. The summed E-state index contributed by atoms with van der Waals surface area (Å²) < 4.78 is 21.9. The minimum atomic E-state index is -1.39. The molecule has 3 atom stereocenters. The van der Waals surface area contributed by atoms with Gasteiger partial charge in [-0.3, -0.25) is 9.69 Å². The smallest absolute Gasteiger partial charge is 0.336 e. The molecular weight excluding hydrogens is 447 g/mol. The number of halogens is 1. The Hall–Kier alpha value is -3.32. The summed E-state index contributed by atoms with van der Waals surface area (Å²) in [6.45, 7) is 4.49. The lowest BCUT2D eigenvalue weighted by Gasteiger charge is -2.41. The highest BCUT2D eigenvalue weighted by molar-refractivity contribution is 5.94. The van der Waals surface area contributed by atoms with Gasteiger partial charge in [-0.2, -0.15) is 9.78 Å². The van der Waals surface area contributed by atoms with E-state index < -0.39 is 23.7 Å². The van der Waals surface area contributed by atoms with Gasteiger partial charge in [0, 0.05) is 19.6 Å². The summed E-state index contributed by atoms with van der Waals surface area (Å²) in [5, 5.41) is 29.9. The number of alkyl halides is 1. The van der Waals surface area contributed by atoms with Crippen LogP contribution >= 0.6 is 0 Å². The van der Waals surface area contributed by atoms with Gasteiger partial charge in [-0.05, 0) is 55.3 Å². The molecule has 0 bridgehead atoms. The average Bonchev–Trinajstić information content (AvgIpc) is 3.53. The molecule has 2 saturated heterocycles. The van der Waals surface area contributed by atoms with Gasteiger partial charge >= 0.3 is 5.97 Å². The summed E-state index contributed by atoms with van der Waals surface area (Å²) in [6.07, 6.45) is -0.246. The van der Waals surface area contributed by atoms with Crippen molar-refractivity contribution in [3.05, 3.63) is 34.9 Å². The number of amides is 1. The van der Waals surface area contributed by atoms with Crippen molar-refractivity contribution < 1.29 is 23.8 Å². The molecule has 1 N–H and O–H groups in total. The van der Waals surface area contributed by atoms with Crippen molar-refractivity contribution in [1.29, 1.82) is 0 Å². The van der Waals surface area contributed by atoms with Crippen LogP contribution in [0.1, 0.15) is 37.1 Å². The third-order valence-corrected chi connectivity index (χ3v) is 7.09. The zero-order valence-corrected chi connectivity index (χ0v) is 18.9. The van der Waals surface area contributed by atoms with E-state index in [0.29, 0.717) is 54.3 Å². The van der Waals surface area contributed by atoms with Crippen LogP contribution in [0.25, 0.3) is 5.82 Å². The third-order valence-electron chi connectivity index (χ3n) is 7.09. The fourth-order valence-electron chi connectivity index (χ4n) is 5.01. The number of cyclic esters (lactones) is 1. The first-order valence-electron chi connectivity index (χ1n) is 11.1. The SMILES string of the molecule is CC1=C(N2CCC3(CCN(C[C@@H](O)c4nnc(-n5cnnn5)cc4C)CC3F)C2=O)COC1=O. The maximum absolute atomic E-state index is 15.5. The van der Waals surface area contributed by atoms with Crippen molar-refractivity contribution in [2.75, 3.05) is 32.8 Å². The quantitative estimate of drug-likeness (QED) is 0.586. The molecule has 1 spiro atoms. The van der Waals surface area contributed by atoms with Crippen LogP contribution in [0.15, 0.2) is 23.7 Å². The van der Waals surface area contributed by atoms with Crippen LogP contribution in [-0.4, -0.2) is 96.1 Å². The van der Waals surface area contributed by atoms with Crippen molar-refractivity contribution in [1.82, 2.24) is 40.2 Å². The molecule has 0 radical (unpaired) electrons. The number of aromatic nitrogens is 6. The van der Waals surface area contributed by atoms with Crippen molar-refractivity contribution in [3.8, 4) is 5.82 Å². The maximum atomic E-state index is 15.5. The van der Waals surface area contributed by atoms with E-state index in [9.17, 15) is 14.7 Å².